The van der Waals surface area contributed by atoms with Gasteiger partial charge in [-0.1, -0.05) is 11.6 Å². The highest BCUT2D eigenvalue weighted by molar-refractivity contribution is 6.30. The van der Waals surface area contributed by atoms with Crippen molar-refractivity contribution in [1.29, 1.82) is 0 Å². The van der Waals surface area contributed by atoms with Crippen LogP contribution in [0.25, 0.3) is 22.7 Å². The zero-order valence-corrected chi connectivity index (χ0v) is 18.1. The van der Waals surface area contributed by atoms with E-state index >= 15 is 0 Å². The van der Waals surface area contributed by atoms with Gasteiger partial charge in [-0.3, -0.25) is 24.8 Å². The molecule has 9 nitrogen and oxygen atoms in total. The number of nitro benzene ring substituents is 1. The maximum absolute atomic E-state index is 12.7. The highest BCUT2D eigenvalue weighted by atomic mass is 35.5. The fraction of sp³-hybridized carbons (Fsp3) is 0.174. The van der Waals surface area contributed by atoms with Gasteiger partial charge in [0.25, 0.3) is 11.2 Å². The second-order valence-corrected chi connectivity index (χ2v) is 8.16. The molecule has 4 heterocycles. The fourth-order valence-electron chi connectivity index (χ4n) is 3.95. The summed E-state index contributed by atoms with van der Waals surface area (Å²) in [5, 5.41) is 11.7. The molecule has 0 unspecified atom stereocenters. The van der Waals surface area contributed by atoms with Gasteiger partial charge in [-0.2, -0.15) is 0 Å². The van der Waals surface area contributed by atoms with Crippen LogP contribution in [0, 0.1) is 10.1 Å². The molecule has 1 aliphatic heterocycles. The van der Waals surface area contributed by atoms with Crippen LogP contribution in [0.4, 0.5) is 5.69 Å². The number of H-pyrrole nitrogens is 1. The van der Waals surface area contributed by atoms with Gasteiger partial charge < -0.3 is 9.40 Å². The first kappa shape index (κ1) is 21.0. The fourth-order valence-corrected chi connectivity index (χ4v) is 4.11. The molecule has 0 aliphatic carbocycles. The van der Waals surface area contributed by atoms with Gasteiger partial charge in [-0.25, -0.2) is 4.98 Å². The van der Waals surface area contributed by atoms with E-state index in [0.29, 0.717) is 54.5 Å². The normalized spacial score (nSPS) is 13.6. The van der Waals surface area contributed by atoms with E-state index in [1.54, 1.807) is 42.7 Å². The lowest BCUT2D eigenvalue weighted by Crippen LogP contribution is -2.35. The van der Waals surface area contributed by atoms with Crippen LogP contribution in [-0.4, -0.2) is 31.3 Å². The lowest BCUT2D eigenvalue weighted by atomic mass is 10.1. The van der Waals surface area contributed by atoms with Crippen molar-refractivity contribution in [3.8, 4) is 22.7 Å². The summed E-state index contributed by atoms with van der Waals surface area (Å²) in [7, 11) is 0. The molecule has 4 aromatic rings. The summed E-state index contributed by atoms with van der Waals surface area (Å²) < 4.78 is 5.90. The molecular formula is C23H18ClN5O4. The minimum absolute atomic E-state index is 0.114. The Morgan fingerprint density at radius 3 is 2.91 bits per heavy atom. The Morgan fingerprint density at radius 1 is 1.24 bits per heavy atom. The summed E-state index contributed by atoms with van der Waals surface area (Å²) in [6, 6.07) is 11.6. The van der Waals surface area contributed by atoms with Crippen molar-refractivity contribution >= 4 is 17.3 Å². The van der Waals surface area contributed by atoms with Crippen molar-refractivity contribution in [3.63, 3.8) is 0 Å². The molecular weight excluding hydrogens is 446 g/mol. The highest BCUT2D eigenvalue weighted by Crippen LogP contribution is 2.33. The van der Waals surface area contributed by atoms with Crippen LogP contribution in [-0.2, 0) is 19.5 Å². The van der Waals surface area contributed by atoms with Crippen LogP contribution < -0.4 is 5.56 Å². The molecule has 1 aromatic carbocycles. The van der Waals surface area contributed by atoms with Crippen LogP contribution in [0.15, 0.2) is 64.1 Å². The summed E-state index contributed by atoms with van der Waals surface area (Å²) in [4.78, 5) is 37.3. The van der Waals surface area contributed by atoms with Gasteiger partial charge in [0.2, 0.25) is 0 Å². The number of nitro groups is 1. The molecule has 0 saturated heterocycles. The van der Waals surface area contributed by atoms with Crippen molar-refractivity contribution < 1.29 is 9.34 Å². The number of rotatable bonds is 5. The van der Waals surface area contributed by atoms with Crippen LogP contribution in [0.5, 0.6) is 0 Å². The molecule has 0 fully saturated rings. The zero-order chi connectivity index (χ0) is 22.9. The molecule has 1 N–H and O–H groups in total. The predicted octanol–water partition coefficient (Wildman–Crippen LogP) is 4.21. The lowest BCUT2D eigenvalue weighted by Gasteiger charge is -2.26. The third kappa shape index (κ3) is 4.28. The number of furan rings is 1. The topological polar surface area (TPSA) is 118 Å². The zero-order valence-electron chi connectivity index (χ0n) is 17.3. The second kappa shape index (κ2) is 8.61. The molecule has 0 radical (unpaired) electrons. The van der Waals surface area contributed by atoms with E-state index in [1.807, 2.05) is 6.07 Å². The highest BCUT2D eigenvalue weighted by Gasteiger charge is 2.23. The first-order valence-electron chi connectivity index (χ1n) is 10.3. The van der Waals surface area contributed by atoms with E-state index in [0.717, 1.165) is 11.3 Å². The number of fused-ring (bicyclic) bond motifs is 1. The third-order valence-corrected chi connectivity index (χ3v) is 5.78. The summed E-state index contributed by atoms with van der Waals surface area (Å²) in [6.45, 7) is 1.60. The minimum atomic E-state index is -0.482. The van der Waals surface area contributed by atoms with Crippen molar-refractivity contribution in [2.75, 3.05) is 6.54 Å². The van der Waals surface area contributed by atoms with Gasteiger partial charge in [0.1, 0.15) is 17.3 Å². The number of hydrogen-bond donors (Lipinski definition) is 1. The molecule has 0 spiro atoms. The number of nitrogens with one attached hydrogen (secondary N) is 1. The van der Waals surface area contributed by atoms with E-state index in [-0.39, 0.29) is 16.3 Å². The average molecular weight is 464 g/mol. The molecule has 10 heteroatoms. The van der Waals surface area contributed by atoms with Crippen LogP contribution in [0.1, 0.15) is 17.0 Å². The number of halogens is 1. The number of nitrogens with zero attached hydrogens (tertiary/aromatic N) is 4. The molecule has 33 heavy (non-hydrogen) atoms. The van der Waals surface area contributed by atoms with Crippen LogP contribution in [0.2, 0.25) is 5.02 Å². The Hall–Kier alpha value is -3.82. The smallest absolute Gasteiger partial charge is 0.281 e. The molecule has 0 amide bonds. The van der Waals surface area contributed by atoms with E-state index < -0.39 is 4.92 Å². The van der Waals surface area contributed by atoms with E-state index in [1.165, 1.54) is 6.07 Å². The second-order valence-electron chi connectivity index (χ2n) is 7.73. The third-order valence-electron chi connectivity index (χ3n) is 5.55. The van der Waals surface area contributed by atoms with Crippen molar-refractivity contribution in [3.05, 3.63) is 97.4 Å². The summed E-state index contributed by atoms with van der Waals surface area (Å²) >= 11 is 5.90. The Kier molecular flexibility index (Phi) is 5.49. The molecule has 166 valence electrons. The van der Waals surface area contributed by atoms with Crippen LogP contribution >= 0.6 is 11.6 Å². The number of aromatic amines is 1. The number of hydrogen-bond acceptors (Lipinski definition) is 7. The maximum Gasteiger partial charge on any atom is 0.281 e. The number of benzene rings is 1. The van der Waals surface area contributed by atoms with Gasteiger partial charge in [0.05, 0.1) is 28.3 Å². The van der Waals surface area contributed by atoms with Gasteiger partial charge in [-0.05, 0) is 36.4 Å². The van der Waals surface area contributed by atoms with Gasteiger partial charge in [0, 0.05) is 48.6 Å². The Bertz CT molecular complexity index is 1400. The monoisotopic (exact) mass is 463 g/mol. The first-order chi connectivity index (χ1) is 16.0. The van der Waals surface area contributed by atoms with E-state index in [4.69, 9.17) is 16.0 Å². The average Bonchev–Trinajstić information content (AvgIpc) is 3.28. The maximum atomic E-state index is 12.7. The van der Waals surface area contributed by atoms with E-state index in [2.05, 4.69) is 19.9 Å². The molecule has 1 aliphatic rings. The summed E-state index contributed by atoms with van der Waals surface area (Å²) in [5.41, 5.74) is 2.26. The van der Waals surface area contributed by atoms with Gasteiger partial charge >= 0.3 is 0 Å². The largest absolute Gasteiger partial charge is 0.459 e. The van der Waals surface area contributed by atoms with Crippen molar-refractivity contribution in [2.24, 2.45) is 0 Å². The van der Waals surface area contributed by atoms with Crippen molar-refractivity contribution in [1.82, 2.24) is 19.9 Å². The van der Waals surface area contributed by atoms with Gasteiger partial charge in [-0.15, -0.1) is 0 Å². The predicted molar refractivity (Wildman–Crippen MR) is 122 cm³/mol. The van der Waals surface area contributed by atoms with Crippen LogP contribution in [0.3, 0.4) is 0 Å². The van der Waals surface area contributed by atoms with Crippen molar-refractivity contribution in [2.45, 2.75) is 19.5 Å². The molecule has 3 aromatic heterocycles. The lowest BCUT2D eigenvalue weighted by molar-refractivity contribution is -0.384. The Labute approximate surface area is 192 Å². The minimum Gasteiger partial charge on any atom is -0.459 e. The SMILES string of the molecule is O=c1[nH]c(-c2cccnc2)nc2c1CN(Cc1ccc(-c3ccc(Cl)cc3[N+](=O)[O-])o1)CC2. The quantitative estimate of drug-likeness (QED) is 0.348. The molecule has 5 rings (SSSR count). The van der Waals surface area contributed by atoms with Gasteiger partial charge in [0.15, 0.2) is 0 Å². The molecule has 0 saturated carbocycles. The summed E-state index contributed by atoms with van der Waals surface area (Å²) in [6.07, 6.45) is 3.96. The Balaban J connectivity index is 1.35. The van der Waals surface area contributed by atoms with E-state index in [9.17, 15) is 14.9 Å². The standard InChI is InChI=1S/C23H18ClN5O4/c24-15-3-5-17(20(10-15)29(31)32)21-6-4-16(33-21)12-28-9-7-19-18(13-28)23(30)27-22(26-19)14-2-1-8-25-11-14/h1-6,8,10-11H,7,9,12-13H2,(H,26,27,30). The molecule has 0 atom stereocenters. The Morgan fingerprint density at radius 2 is 2.12 bits per heavy atom. The number of pyridine rings is 1. The first-order valence-corrected chi connectivity index (χ1v) is 10.6. The molecule has 0 bridgehead atoms. The summed E-state index contributed by atoms with van der Waals surface area (Å²) in [5.74, 6) is 1.56. The number of aromatic nitrogens is 3.